The highest BCUT2D eigenvalue weighted by molar-refractivity contribution is 6.19. The molecule has 0 aromatic heterocycles. The van der Waals surface area contributed by atoms with Crippen LogP contribution in [0.1, 0.15) is 32.6 Å². The van der Waals surface area contributed by atoms with Gasteiger partial charge in [0.05, 0.1) is 0 Å². The topological polar surface area (TPSA) is 26.3 Å². The van der Waals surface area contributed by atoms with Crippen LogP contribution in [0.15, 0.2) is 0 Å². The minimum Gasteiger partial charge on any atom is -0.446 e. The third-order valence-corrected chi connectivity index (χ3v) is 1.95. The van der Waals surface area contributed by atoms with Gasteiger partial charge in [-0.15, -0.1) is 24.7 Å². The van der Waals surface area contributed by atoms with E-state index in [4.69, 9.17) is 29.2 Å². The molecule has 1 atom stereocenters. The third kappa shape index (κ3) is 7.91. The van der Waals surface area contributed by atoms with Crippen molar-refractivity contribution < 1.29 is 9.53 Å². The molecule has 0 saturated carbocycles. The van der Waals surface area contributed by atoms with Crippen molar-refractivity contribution in [1.82, 2.24) is 0 Å². The van der Waals surface area contributed by atoms with E-state index in [9.17, 15) is 4.79 Å². The van der Waals surface area contributed by atoms with Crippen LogP contribution in [0.2, 0.25) is 0 Å². The zero-order valence-electron chi connectivity index (χ0n) is 8.83. The summed E-state index contributed by atoms with van der Waals surface area (Å²) in [4.78, 5) is 11.2. The van der Waals surface area contributed by atoms with Crippen LogP contribution in [-0.2, 0) is 9.53 Å². The van der Waals surface area contributed by atoms with Crippen molar-refractivity contribution in [3.05, 3.63) is 0 Å². The maximum atomic E-state index is 11.2. The lowest BCUT2D eigenvalue weighted by atomic mass is 9.97. The molecule has 0 aliphatic heterocycles. The van der Waals surface area contributed by atoms with Crippen molar-refractivity contribution in [2.45, 2.75) is 38.2 Å². The predicted octanol–water partition coefficient (Wildman–Crippen LogP) is 2.56. The standard InChI is InChI=1S/C12H15ClO2/c1-4-6-11(7-5-2)8-9-12(14)15-10(3)13/h1-2,10-11H,6-9H2,3H3. The SMILES string of the molecule is C#CCC(CC#C)CCC(=O)OC(C)Cl. The summed E-state index contributed by atoms with van der Waals surface area (Å²) in [6.45, 7) is 1.60. The number of terminal acetylenes is 2. The smallest absolute Gasteiger partial charge is 0.307 e. The molecule has 0 aliphatic carbocycles. The van der Waals surface area contributed by atoms with Gasteiger partial charge in [-0.2, -0.15) is 0 Å². The molecule has 0 radical (unpaired) electrons. The first-order valence-electron chi connectivity index (χ1n) is 4.80. The van der Waals surface area contributed by atoms with Crippen LogP contribution in [0.3, 0.4) is 0 Å². The number of halogens is 1. The van der Waals surface area contributed by atoms with Gasteiger partial charge in [0, 0.05) is 19.3 Å². The molecule has 0 rings (SSSR count). The van der Waals surface area contributed by atoms with E-state index in [2.05, 4.69) is 11.8 Å². The molecule has 0 spiro atoms. The van der Waals surface area contributed by atoms with Crippen LogP contribution in [0.25, 0.3) is 0 Å². The van der Waals surface area contributed by atoms with Crippen molar-refractivity contribution >= 4 is 17.6 Å². The Morgan fingerprint density at radius 2 is 1.93 bits per heavy atom. The van der Waals surface area contributed by atoms with Crippen LogP contribution >= 0.6 is 11.6 Å². The summed E-state index contributed by atoms with van der Waals surface area (Å²) in [5, 5.41) is 0. The van der Waals surface area contributed by atoms with Crippen LogP contribution in [0.4, 0.5) is 0 Å². The van der Waals surface area contributed by atoms with E-state index in [1.165, 1.54) is 0 Å². The van der Waals surface area contributed by atoms with E-state index >= 15 is 0 Å². The molecule has 0 saturated heterocycles. The second-order valence-corrected chi connectivity index (χ2v) is 3.87. The fraction of sp³-hybridized carbons (Fsp3) is 0.583. The maximum Gasteiger partial charge on any atom is 0.307 e. The number of esters is 1. The molecule has 0 aromatic carbocycles. The van der Waals surface area contributed by atoms with Crippen LogP contribution in [0, 0.1) is 30.6 Å². The molecule has 1 unspecified atom stereocenters. The lowest BCUT2D eigenvalue weighted by molar-refractivity contribution is -0.145. The van der Waals surface area contributed by atoms with Crippen molar-refractivity contribution in [3.8, 4) is 24.7 Å². The van der Waals surface area contributed by atoms with E-state index in [1.807, 2.05) is 0 Å². The summed E-state index contributed by atoms with van der Waals surface area (Å²) in [6.07, 6.45) is 12.5. The fourth-order valence-corrected chi connectivity index (χ4v) is 1.27. The maximum absolute atomic E-state index is 11.2. The van der Waals surface area contributed by atoms with E-state index in [1.54, 1.807) is 6.92 Å². The Morgan fingerprint density at radius 3 is 2.33 bits per heavy atom. The Morgan fingerprint density at radius 1 is 1.40 bits per heavy atom. The van der Waals surface area contributed by atoms with Gasteiger partial charge in [0.15, 0.2) is 5.56 Å². The highest BCUT2D eigenvalue weighted by Crippen LogP contribution is 2.15. The highest BCUT2D eigenvalue weighted by atomic mass is 35.5. The minimum atomic E-state index is -0.587. The van der Waals surface area contributed by atoms with Crippen LogP contribution < -0.4 is 0 Å². The average molecular weight is 227 g/mol. The summed E-state index contributed by atoms with van der Waals surface area (Å²) < 4.78 is 4.78. The predicted molar refractivity (Wildman–Crippen MR) is 61.0 cm³/mol. The molecule has 0 aromatic rings. The molecule has 0 heterocycles. The summed E-state index contributed by atoms with van der Waals surface area (Å²) in [5.74, 6) is 4.97. The Hall–Kier alpha value is -1.12. The van der Waals surface area contributed by atoms with E-state index in [0.717, 1.165) is 0 Å². The number of carbonyl (C=O) groups excluding carboxylic acids is 1. The second kappa shape index (κ2) is 8.21. The van der Waals surface area contributed by atoms with Gasteiger partial charge < -0.3 is 4.74 Å². The number of hydrogen-bond acceptors (Lipinski definition) is 2. The molecular formula is C12H15ClO2. The molecule has 82 valence electrons. The molecule has 0 N–H and O–H groups in total. The highest BCUT2D eigenvalue weighted by Gasteiger charge is 2.11. The first-order chi connectivity index (χ1) is 7.10. The molecular weight excluding hydrogens is 212 g/mol. The van der Waals surface area contributed by atoms with Crippen LogP contribution in [0.5, 0.6) is 0 Å². The monoisotopic (exact) mass is 226 g/mol. The molecule has 0 fully saturated rings. The van der Waals surface area contributed by atoms with Gasteiger partial charge >= 0.3 is 5.97 Å². The van der Waals surface area contributed by atoms with Gasteiger partial charge in [0.2, 0.25) is 0 Å². The first-order valence-corrected chi connectivity index (χ1v) is 5.24. The fourth-order valence-electron chi connectivity index (χ4n) is 1.17. The van der Waals surface area contributed by atoms with Crippen molar-refractivity contribution in [2.24, 2.45) is 5.92 Å². The molecule has 2 nitrogen and oxygen atoms in total. The van der Waals surface area contributed by atoms with E-state index < -0.39 is 5.56 Å². The van der Waals surface area contributed by atoms with Crippen molar-refractivity contribution in [1.29, 1.82) is 0 Å². The van der Waals surface area contributed by atoms with Gasteiger partial charge in [0.1, 0.15) is 0 Å². The third-order valence-electron chi connectivity index (χ3n) is 1.86. The Kier molecular flexibility index (Phi) is 7.60. The molecule has 0 amide bonds. The number of hydrogen-bond donors (Lipinski definition) is 0. The normalized spacial score (nSPS) is 11.5. The zero-order valence-corrected chi connectivity index (χ0v) is 9.59. The summed E-state index contributed by atoms with van der Waals surface area (Å²) in [6, 6.07) is 0. The van der Waals surface area contributed by atoms with Gasteiger partial charge in [-0.25, -0.2) is 0 Å². The Bertz CT molecular complexity index is 254. The van der Waals surface area contributed by atoms with Crippen molar-refractivity contribution in [3.63, 3.8) is 0 Å². The average Bonchev–Trinajstić information content (AvgIpc) is 2.14. The number of carbonyl (C=O) groups is 1. The van der Waals surface area contributed by atoms with Gasteiger partial charge in [0.25, 0.3) is 0 Å². The molecule has 0 bridgehead atoms. The quantitative estimate of drug-likeness (QED) is 0.395. The van der Waals surface area contributed by atoms with Crippen LogP contribution in [-0.4, -0.2) is 11.5 Å². The number of ether oxygens (including phenoxy) is 1. The van der Waals surface area contributed by atoms with E-state index in [0.29, 0.717) is 25.7 Å². The van der Waals surface area contributed by atoms with Gasteiger partial charge in [-0.1, -0.05) is 11.6 Å². The summed E-state index contributed by atoms with van der Waals surface area (Å²) in [5.41, 5.74) is -0.587. The van der Waals surface area contributed by atoms with Gasteiger partial charge in [-0.05, 0) is 19.3 Å². The first kappa shape index (κ1) is 13.9. The summed E-state index contributed by atoms with van der Waals surface area (Å²) >= 11 is 5.50. The lowest BCUT2D eigenvalue weighted by Gasteiger charge is -2.11. The van der Waals surface area contributed by atoms with E-state index in [-0.39, 0.29) is 11.9 Å². The minimum absolute atomic E-state index is 0.193. The molecule has 0 aliphatic rings. The summed E-state index contributed by atoms with van der Waals surface area (Å²) in [7, 11) is 0. The number of alkyl halides is 1. The Balaban J connectivity index is 3.85. The largest absolute Gasteiger partial charge is 0.446 e. The molecule has 15 heavy (non-hydrogen) atoms. The van der Waals surface area contributed by atoms with Gasteiger partial charge in [-0.3, -0.25) is 4.79 Å². The lowest BCUT2D eigenvalue weighted by Crippen LogP contribution is -2.11. The Labute approximate surface area is 96.3 Å². The second-order valence-electron chi connectivity index (χ2n) is 3.25. The zero-order chi connectivity index (χ0) is 11.7. The van der Waals surface area contributed by atoms with Crippen molar-refractivity contribution in [2.75, 3.05) is 0 Å². The molecule has 3 heteroatoms. The number of rotatable bonds is 6.